The summed E-state index contributed by atoms with van der Waals surface area (Å²) in [4.78, 5) is 25.5. The number of rotatable bonds is 3. The van der Waals surface area contributed by atoms with Crippen LogP contribution < -0.4 is 15.8 Å². The van der Waals surface area contributed by atoms with Crippen molar-refractivity contribution in [3.63, 3.8) is 0 Å². The Morgan fingerprint density at radius 3 is 2.50 bits per heavy atom. The van der Waals surface area contributed by atoms with Crippen LogP contribution in [0.4, 0.5) is 5.69 Å². The van der Waals surface area contributed by atoms with Crippen molar-refractivity contribution in [2.45, 2.75) is 25.8 Å². The number of piperidine rings is 1. The zero-order chi connectivity index (χ0) is 18.8. The molecular weight excluding hydrogens is 399 g/mol. The first kappa shape index (κ1) is 19.0. The molecule has 1 saturated heterocycles. The van der Waals surface area contributed by atoms with Crippen molar-refractivity contribution in [3.05, 3.63) is 49.8 Å². The van der Waals surface area contributed by atoms with E-state index in [9.17, 15) is 9.59 Å². The SMILES string of the molecule is CC(=O)NC1CCN(c2ccc(-n3ncc(Cl)c(Cl)c3=O)cc2Cl)CC1. The van der Waals surface area contributed by atoms with Gasteiger partial charge < -0.3 is 10.2 Å². The summed E-state index contributed by atoms with van der Waals surface area (Å²) in [7, 11) is 0. The topological polar surface area (TPSA) is 67.2 Å². The molecular formula is C17H17Cl3N4O2. The maximum atomic E-state index is 12.2. The molecule has 2 aromatic rings. The molecule has 0 unspecified atom stereocenters. The molecule has 6 nitrogen and oxygen atoms in total. The van der Waals surface area contributed by atoms with Gasteiger partial charge in [-0.15, -0.1) is 0 Å². The standard InChI is InChI=1S/C17H17Cl3N4O2/c1-10(25)22-11-4-6-23(7-5-11)15-3-2-12(8-13(15)18)24-17(26)16(20)14(19)9-21-24/h2-3,8-9,11H,4-7H2,1H3,(H,22,25). The number of hydrogen-bond acceptors (Lipinski definition) is 4. The number of carbonyl (C=O) groups is 1. The summed E-state index contributed by atoms with van der Waals surface area (Å²) in [6.07, 6.45) is 3.02. The van der Waals surface area contributed by atoms with E-state index in [2.05, 4.69) is 15.3 Å². The molecule has 1 aromatic carbocycles. The molecule has 26 heavy (non-hydrogen) atoms. The highest BCUT2D eigenvalue weighted by atomic mass is 35.5. The predicted octanol–water partition coefficient (Wildman–Crippen LogP) is 3.30. The number of anilines is 1. The maximum absolute atomic E-state index is 12.2. The second kappa shape index (κ2) is 7.86. The van der Waals surface area contributed by atoms with Crippen LogP contribution in [0, 0.1) is 0 Å². The Morgan fingerprint density at radius 2 is 1.88 bits per heavy atom. The van der Waals surface area contributed by atoms with Gasteiger partial charge >= 0.3 is 0 Å². The Hall–Kier alpha value is -1.76. The molecule has 9 heteroatoms. The average molecular weight is 416 g/mol. The summed E-state index contributed by atoms with van der Waals surface area (Å²) in [5.41, 5.74) is 0.888. The normalized spacial score (nSPS) is 15.2. The Balaban J connectivity index is 1.80. The van der Waals surface area contributed by atoms with Crippen molar-refractivity contribution in [3.8, 4) is 5.69 Å². The van der Waals surface area contributed by atoms with Crippen LogP contribution in [0.2, 0.25) is 15.1 Å². The fraction of sp³-hybridized carbons (Fsp3) is 0.353. The summed E-state index contributed by atoms with van der Waals surface area (Å²) in [5.74, 6) is -0.00889. The lowest BCUT2D eigenvalue weighted by atomic mass is 10.0. The summed E-state index contributed by atoms with van der Waals surface area (Å²) < 4.78 is 1.16. The van der Waals surface area contributed by atoms with Crippen molar-refractivity contribution in [2.75, 3.05) is 18.0 Å². The minimum atomic E-state index is -0.501. The van der Waals surface area contributed by atoms with Gasteiger partial charge in [0.1, 0.15) is 5.02 Å². The second-order valence-electron chi connectivity index (χ2n) is 6.12. The molecule has 1 amide bonds. The van der Waals surface area contributed by atoms with E-state index < -0.39 is 5.56 Å². The van der Waals surface area contributed by atoms with Gasteiger partial charge in [-0.2, -0.15) is 9.78 Å². The third kappa shape index (κ3) is 3.98. The molecule has 0 aliphatic carbocycles. The smallest absolute Gasteiger partial charge is 0.291 e. The quantitative estimate of drug-likeness (QED) is 0.835. The lowest BCUT2D eigenvalue weighted by Crippen LogP contribution is -2.44. The van der Waals surface area contributed by atoms with Crippen molar-refractivity contribution in [1.29, 1.82) is 0 Å². The highest BCUT2D eigenvalue weighted by Crippen LogP contribution is 2.30. The predicted molar refractivity (Wildman–Crippen MR) is 104 cm³/mol. The van der Waals surface area contributed by atoms with Gasteiger partial charge in [-0.25, -0.2) is 0 Å². The third-order valence-corrected chi connectivity index (χ3v) is 5.35. The van der Waals surface area contributed by atoms with Crippen LogP contribution in [0.3, 0.4) is 0 Å². The monoisotopic (exact) mass is 414 g/mol. The zero-order valence-corrected chi connectivity index (χ0v) is 16.3. The highest BCUT2D eigenvalue weighted by molar-refractivity contribution is 6.41. The summed E-state index contributed by atoms with van der Waals surface area (Å²) in [6, 6.07) is 5.49. The van der Waals surface area contributed by atoms with Crippen LogP contribution >= 0.6 is 34.8 Å². The Bertz CT molecular complexity index is 892. The molecule has 0 bridgehead atoms. The minimum absolute atomic E-state index is 0.00889. The van der Waals surface area contributed by atoms with Crippen LogP contribution in [0.25, 0.3) is 5.69 Å². The van der Waals surface area contributed by atoms with Gasteiger partial charge in [0, 0.05) is 26.1 Å². The van der Waals surface area contributed by atoms with E-state index in [-0.39, 0.29) is 22.0 Å². The fourth-order valence-corrected chi connectivity index (χ4v) is 3.58. The number of benzene rings is 1. The van der Waals surface area contributed by atoms with E-state index in [4.69, 9.17) is 34.8 Å². The van der Waals surface area contributed by atoms with Crippen LogP contribution in [0.15, 0.2) is 29.2 Å². The van der Waals surface area contributed by atoms with Crippen LogP contribution in [-0.4, -0.2) is 34.8 Å². The first-order valence-corrected chi connectivity index (χ1v) is 9.25. The molecule has 1 aromatic heterocycles. The summed E-state index contributed by atoms with van der Waals surface area (Å²) >= 11 is 18.1. The van der Waals surface area contributed by atoms with Gasteiger partial charge in [-0.3, -0.25) is 9.59 Å². The molecule has 3 rings (SSSR count). The van der Waals surface area contributed by atoms with Crippen LogP contribution in [0.1, 0.15) is 19.8 Å². The van der Waals surface area contributed by atoms with Gasteiger partial charge in [0.2, 0.25) is 5.91 Å². The second-order valence-corrected chi connectivity index (χ2v) is 7.31. The minimum Gasteiger partial charge on any atom is -0.370 e. The molecule has 0 saturated carbocycles. The zero-order valence-electron chi connectivity index (χ0n) is 14.0. The summed E-state index contributed by atoms with van der Waals surface area (Å²) in [5, 5.41) is 7.49. The van der Waals surface area contributed by atoms with Crippen LogP contribution in [0.5, 0.6) is 0 Å². The molecule has 0 spiro atoms. The van der Waals surface area contributed by atoms with E-state index in [1.165, 1.54) is 13.1 Å². The molecule has 0 atom stereocenters. The highest BCUT2D eigenvalue weighted by Gasteiger charge is 2.21. The maximum Gasteiger partial charge on any atom is 0.291 e. The Morgan fingerprint density at radius 1 is 1.19 bits per heavy atom. The van der Waals surface area contributed by atoms with E-state index in [0.717, 1.165) is 36.3 Å². The number of aromatic nitrogens is 2. The third-order valence-electron chi connectivity index (χ3n) is 4.30. The molecule has 0 radical (unpaired) electrons. The van der Waals surface area contributed by atoms with Gasteiger partial charge in [0.15, 0.2) is 0 Å². The van der Waals surface area contributed by atoms with E-state index in [1.807, 2.05) is 6.07 Å². The van der Waals surface area contributed by atoms with E-state index in [1.54, 1.807) is 12.1 Å². The van der Waals surface area contributed by atoms with Gasteiger partial charge in [0.25, 0.3) is 5.56 Å². The van der Waals surface area contributed by atoms with Crippen molar-refractivity contribution < 1.29 is 4.79 Å². The van der Waals surface area contributed by atoms with Gasteiger partial charge in [-0.1, -0.05) is 34.8 Å². The first-order valence-electron chi connectivity index (χ1n) is 8.12. The lowest BCUT2D eigenvalue weighted by molar-refractivity contribution is -0.119. The molecule has 1 aliphatic rings. The Labute approximate surface area is 165 Å². The van der Waals surface area contributed by atoms with Crippen molar-refractivity contribution in [1.82, 2.24) is 15.1 Å². The fourth-order valence-electron chi connectivity index (χ4n) is 3.03. The van der Waals surface area contributed by atoms with Gasteiger partial charge in [-0.05, 0) is 31.0 Å². The van der Waals surface area contributed by atoms with Crippen molar-refractivity contribution >= 4 is 46.4 Å². The number of amides is 1. The first-order chi connectivity index (χ1) is 12.4. The molecule has 138 valence electrons. The average Bonchev–Trinajstić information content (AvgIpc) is 2.60. The number of hydrogen-bond donors (Lipinski definition) is 1. The number of carbonyl (C=O) groups excluding carboxylic acids is 1. The molecule has 1 fully saturated rings. The lowest BCUT2D eigenvalue weighted by Gasteiger charge is -2.34. The molecule has 2 heterocycles. The van der Waals surface area contributed by atoms with E-state index >= 15 is 0 Å². The van der Waals surface area contributed by atoms with Crippen molar-refractivity contribution in [2.24, 2.45) is 0 Å². The molecule has 1 N–H and O–H groups in total. The van der Waals surface area contributed by atoms with Crippen LogP contribution in [-0.2, 0) is 4.79 Å². The number of nitrogens with one attached hydrogen (secondary N) is 1. The largest absolute Gasteiger partial charge is 0.370 e. The van der Waals surface area contributed by atoms with E-state index in [0.29, 0.717) is 10.7 Å². The Kier molecular flexibility index (Phi) is 5.75. The van der Waals surface area contributed by atoms with Gasteiger partial charge in [0.05, 0.1) is 27.6 Å². The molecule has 1 aliphatic heterocycles. The number of halogens is 3. The summed E-state index contributed by atoms with van der Waals surface area (Å²) in [6.45, 7) is 3.10. The number of nitrogens with zero attached hydrogens (tertiary/aromatic N) is 3.